The molecule has 2 heterocycles. The molecule has 0 aliphatic heterocycles. The molecule has 0 saturated carbocycles. The lowest BCUT2D eigenvalue weighted by Gasteiger charge is -2.06. The van der Waals surface area contributed by atoms with Gasteiger partial charge in [0.05, 0.1) is 27.7 Å². The van der Waals surface area contributed by atoms with E-state index in [1.807, 2.05) is 31.4 Å². The third kappa shape index (κ3) is 3.60. The standard InChI is InChI=1S/C17H16N2O2S2/c1-10-3-5-15(20)13(7-10)17(21)18-8-12-4-6-16(23-12)14-9-22-11(2)19-14/h3-7,9,20H,8H2,1-2H3,(H,18,21). The Balaban J connectivity index is 1.68. The molecular weight excluding hydrogens is 328 g/mol. The number of phenolic OH excluding ortho intramolecular Hbond substituents is 1. The van der Waals surface area contributed by atoms with E-state index in [0.29, 0.717) is 12.1 Å². The molecule has 4 nitrogen and oxygen atoms in total. The smallest absolute Gasteiger partial charge is 0.255 e. The van der Waals surface area contributed by atoms with E-state index in [1.165, 1.54) is 6.07 Å². The van der Waals surface area contributed by atoms with Gasteiger partial charge in [0.2, 0.25) is 0 Å². The molecule has 0 radical (unpaired) electrons. The second kappa shape index (κ2) is 6.52. The first-order valence-corrected chi connectivity index (χ1v) is 8.81. The lowest BCUT2D eigenvalue weighted by Crippen LogP contribution is -2.22. The number of nitrogens with one attached hydrogen (secondary N) is 1. The Hall–Kier alpha value is -2.18. The number of aromatic hydroxyl groups is 1. The van der Waals surface area contributed by atoms with Crippen LogP contribution in [0, 0.1) is 13.8 Å². The number of hydrogen-bond donors (Lipinski definition) is 2. The fraction of sp³-hybridized carbons (Fsp3) is 0.176. The van der Waals surface area contributed by atoms with E-state index in [4.69, 9.17) is 0 Å². The molecule has 0 atom stereocenters. The van der Waals surface area contributed by atoms with Gasteiger partial charge < -0.3 is 10.4 Å². The van der Waals surface area contributed by atoms with Crippen molar-refractivity contribution in [3.05, 3.63) is 56.7 Å². The van der Waals surface area contributed by atoms with Gasteiger partial charge >= 0.3 is 0 Å². The number of carbonyl (C=O) groups is 1. The second-order valence-corrected chi connectivity index (χ2v) is 7.45. The van der Waals surface area contributed by atoms with Crippen LogP contribution in [0.4, 0.5) is 0 Å². The molecule has 6 heteroatoms. The van der Waals surface area contributed by atoms with Crippen LogP contribution >= 0.6 is 22.7 Å². The highest BCUT2D eigenvalue weighted by molar-refractivity contribution is 7.16. The molecule has 2 aromatic heterocycles. The Kier molecular flexibility index (Phi) is 4.45. The molecule has 0 aliphatic carbocycles. The van der Waals surface area contributed by atoms with Crippen molar-refractivity contribution < 1.29 is 9.90 Å². The van der Waals surface area contributed by atoms with Gasteiger partial charge in [0.15, 0.2) is 0 Å². The van der Waals surface area contributed by atoms with Gasteiger partial charge in [-0.05, 0) is 38.1 Å². The van der Waals surface area contributed by atoms with Crippen LogP contribution in [0.3, 0.4) is 0 Å². The number of benzene rings is 1. The second-order valence-electron chi connectivity index (χ2n) is 5.22. The summed E-state index contributed by atoms with van der Waals surface area (Å²) in [5.74, 6) is -0.274. The number of carbonyl (C=O) groups excluding carboxylic acids is 1. The van der Waals surface area contributed by atoms with Gasteiger partial charge in [-0.3, -0.25) is 4.79 Å². The first-order chi connectivity index (χ1) is 11.0. The largest absolute Gasteiger partial charge is 0.507 e. The molecule has 2 N–H and O–H groups in total. The number of amides is 1. The van der Waals surface area contributed by atoms with E-state index in [0.717, 1.165) is 26.0 Å². The van der Waals surface area contributed by atoms with E-state index < -0.39 is 0 Å². The topological polar surface area (TPSA) is 62.2 Å². The molecule has 0 saturated heterocycles. The van der Waals surface area contributed by atoms with Gasteiger partial charge in [-0.1, -0.05) is 11.6 Å². The summed E-state index contributed by atoms with van der Waals surface area (Å²) >= 11 is 3.24. The van der Waals surface area contributed by atoms with Crippen molar-refractivity contribution >= 4 is 28.6 Å². The monoisotopic (exact) mass is 344 g/mol. The zero-order valence-electron chi connectivity index (χ0n) is 12.8. The number of aryl methyl sites for hydroxylation is 2. The molecule has 1 aromatic carbocycles. The lowest BCUT2D eigenvalue weighted by atomic mass is 10.1. The molecule has 3 aromatic rings. The zero-order valence-corrected chi connectivity index (χ0v) is 14.4. The van der Waals surface area contributed by atoms with Crippen LogP contribution in [0.25, 0.3) is 10.6 Å². The summed E-state index contributed by atoms with van der Waals surface area (Å²) in [6, 6.07) is 9.00. The van der Waals surface area contributed by atoms with Crippen LogP contribution in [0.2, 0.25) is 0 Å². The van der Waals surface area contributed by atoms with Crippen LogP contribution in [0.5, 0.6) is 5.75 Å². The van der Waals surface area contributed by atoms with E-state index in [2.05, 4.69) is 10.3 Å². The van der Waals surface area contributed by atoms with Crippen molar-refractivity contribution in [3.8, 4) is 16.3 Å². The van der Waals surface area contributed by atoms with Crippen LogP contribution < -0.4 is 5.32 Å². The highest BCUT2D eigenvalue weighted by atomic mass is 32.1. The normalized spacial score (nSPS) is 10.7. The van der Waals surface area contributed by atoms with Gasteiger partial charge in [-0.2, -0.15) is 0 Å². The van der Waals surface area contributed by atoms with Gasteiger partial charge in [0, 0.05) is 10.3 Å². The number of rotatable bonds is 4. The maximum Gasteiger partial charge on any atom is 0.255 e. The number of phenols is 1. The minimum atomic E-state index is -0.273. The third-order valence-electron chi connectivity index (χ3n) is 3.35. The predicted octanol–water partition coefficient (Wildman–Crippen LogP) is 4.12. The Morgan fingerprint density at radius 1 is 1.26 bits per heavy atom. The number of aromatic nitrogens is 1. The molecule has 0 fully saturated rings. The van der Waals surface area contributed by atoms with E-state index in [-0.39, 0.29) is 11.7 Å². The summed E-state index contributed by atoms with van der Waals surface area (Å²) in [7, 11) is 0. The molecule has 0 aliphatic rings. The van der Waals surface area contributed by atoms with Crippen LogP contribution in [-0.4, -0.2) is 16.0 Å². The molecule has 23 heavy (non-hydrogen) atoms. The summed E-state index contributed by atoms with van der Waals surface area (Å²) in [5.41, 5.74) is 2.22. The van der Waals surface area contributed by atoms with Crippen molar-refractivity contribution in [3.63, 3.8) is 0 Å². The summed E-state index contributed by atoms with van der Waals surface area (Å²) in [4.78, 5) is 18.8. The summed E-state index contributed by atoms with van der Waals surface area (Å²) in [6.07, 6.45) is 0. The summed E-state index contributed by atoms with van der Waals surface area (Å²) < 4.78 is 0. The Bertz CT molecular complexity index is 852. The van der Waals surface area contributed by atoms with Gasteiger partial charge in [-0.25, -0.2) is 4.98 Å². The molecule has 3 rings (SSSR count). The SMILES string of the molecule is Cc1ccc(O)c(C(=O)NCc2ccc(-c3csc(C)n3)s2)c1. The van der Waals surface area contributed by atoms with Crippen molar-refractivity contribution in [2.75, 3.05) is 0 Å². The number of thiazole rings is 1. The predicted molar refractivity (Wildman–Crippen MR) is 94.2 cm³/mol. The molecule has 1 amide bonds. The Morgan fingerprint density at radius 3 is 2.83 bits per heavy atom. The number of thiophene rings is 1. The van der Waals surface area contributed by atoms with E-state index >= 15 is 0 Å². The Morgan fingerprint density at radius 2 is 2.09 bits per heavy atom. The fourth-order valence-electron chi connectivity index (χ4n) is 2.18. The highest BCUT2D eigenvalue weighted by Crippen LogP contribution is 2.29. The van der Waals surface area contributed by atoms with Crippen molar-refractivity contribution in [2.24, 2.45) is 0 Å². The van der Waals surface area contributed by atoms with E-state index in [9.17, 15) is 9.90 Å². The fourth-order valence-corrected chi connectivity index (χ4v) is 3.78. The molecular formula is C17H16N2O2S2. The molecule has 118 valence electrons. The molecule has 0 bridgehead atoms. The van der Waals surface area contributed by atoms with Crippen molar-refractivity contribution in [1.29, 1.82) is 0 Å². The quantitative estimate of drug-likeness (QED) is 0.748. The maximum atomic E-state index is 12.2. The third-order valence-corrected chi connectivity index (χ3v) is 5.23. The average molecular weight is 344 g/mol. The minimum absolute atomic E-state index is 0.00193. The van der Waals surface area contributed by atoms with Gasteiger partial charge in [0.25, 0.3) is 5.91 Å². The van der Waals surface area contributed by atoms with Crippen LogP contribution in [-0.2, 0) is 6.54 Å². The number of nitrogens with zero attached hydrogens (tertiary/aromatic N) is 1. The first-order valence-electron chi connectivity index (χ1n) is 7.12. The molecule has 0 spiro atoms. The number of hydrogen-bond acceptors (Lipinski definition) is 5. The van der Waals surface area contributed by atoms with Crippen LogP contribution in [0.1, 0.15) is 25.8 Å². The zero-order chi connectivity index (χ0) is 16.4. The molecule has 0 unspecified atom stereocenters. The van der Waals surface area contributed by atoms with Gasteiger partial charge in [-0.15, -0.1) is 22.7 Å². The van der Waals surface area contributed by atoms with Gasteiger partial charge in [0.1, 0.15) is 5.75 Å². The maximum absolute atomic E-state index is 12.2. The lowest BCUT2D eigenvalue weighted by molar-refractivity contribution is 0.0948. The highest BCUT2D eigenvalue weighted by Gasteiger charge is 2.12. The minimum Gasteiger partial charge on any atom is -0.507 e. The van der Waals surface area contributed by atoms with Crippen molar-refractivity contribution in [2.45, 2.75) is 20.4 Å². The van der Waals surface area contributed by atoms with E-state index in [1.54, 1.807) is 34.8 Å². The Labute approximate surface area is 142 Å². The first kappa shape index (κ1) is 15.7. The van der Waals surface area contributed by atoms with Crippen molar-refractivity contribution in [1.82, 2.24) is 10.3 Å². The average Bonchev–Trinajstić information content (AvgIpc) is 3.16. The summed E-state index contributed by atoms with van der Waals surface area (Å²) in [6.45, 7) is 4.30. The summed E-state index contributed by atoms with van der Waals surface area (Å²) in [5, 5.41) is 15.7. The van der Waals surface area contributed by atoms with Crippen LogP contribution in [0.15, 0.2) is 35.7 Å².